The van der Waals surface area contributed by atoms with Crippen LogP contribution < -0.4 is 10.1 Å². The van der Waals surface area contributed by atoms with E-state index < -0.39 is 0 Å². The highest BCUT2D eigenvalue weighted by Crippen LogP contribution is 2.36. The quantitative estimate of drug-likeness (QED) is 0.922. The molecule has 1 aliphatic heterocycles. The Hall–Kier alpha value is -2.01. The van der Waals surface area contributed by atoms with Crippen molar-refractivity contribution in [1.29, 1.82) is 0 Å². The average molecular weight is 286 g/mol. The number of pyridine rings is 1. The topological polar surface area (TPSA) is 51.2 Å². The van der Waals surface area contributed by atoms with E-state index in [-0.39, 0.29) is 5.91 Å². The third-order valence-electron chi connectivity index (χ3n) is 3.21. The summed E-state index contributed by atoms with van der Waals surface area (Å²) in [5.41, 5.74) is 2.89. The summed E-state index contributed by atoms with van der Waals surface area (Å²) in [6.45, 7) is 1.92. The molecule has 0 aliphatic carbocycles. The second-order valence-electron chi connectivity index (χ2n) is 4.53. The minimum Gasteiger partial charge on any atom is -0.497 e. The van der Waals surface area contributed by atoms with Crippen LogP contribution in [0.4, 0.5) is 0 Å². The molecule has 0 saturated carbocycles. The summed E-state index contributed by atoms with van der Waals surface area (Å²) in [6.07, 6.45) is 1.79. The molecule has 2 aromatic rings. The first-order valence-corrected chi connectivity index (χ1v) is 7.24. The summed E-state index contributed by atoms with van der Waals surface area (Å²) in [6, 6.07) is 7.80. The van der Waals surface area contributed by atoms with Gasteiger partial charge in [0.15, 0.2) is 0 Å². The van der Waals surface area contributed by atoms with E-state index in [1.54, 1.807) is 25.1 Å². The molecule has 1 aromatic heterocycles. The number of rotatable bonds is 2. The van der Waals surface area contributed by atoms with Crippen LogP contribution in [0.2, 0.25) is 0 Å². The summed E-state index contributed by atoms with van der Waals surface area (Å²) in [4.78, 5) is 16.9. The fourth-order valence-corrected chi connectivity index (χ4v) is 3.23. The minimum atomic E-state index is 0.0483. The van der Waals surface area contributed by atoms with E-state index in [9.17, 15) is 4.79 Å². The van der Waals surface area contributed by atoms with Crippen molar-refractivity contribution in [3.05, 3.63) is 41.7 Å². The maximum atomic E-state index is 11.4. The number of carbonyl (C=O) groups is 1. The Morgan fingerprint density at radius 1 is 1.35 bits per heavy atom. The maximum absolute atomic E-state index is 11.4. The molecule has 0 saturated heterocycles. The van der Waals surface area contributed by atoms with Gasteiger partial charge in [0.1, 0.15) is 5.75 Å². The first-order chi connectivity index (χ1) is 9.69. The highest BCUT2D eigenvalue weighted by Gasteiger charge is 2.18. The predicted octanol–water partition coefficient (Wildman–Crippen LogP) is 2.79. The van der Waals surface area contributed by atoms with Crippen LogP contribution in [-0.4, -0.2) is 23.8 Å². The molecule has 2 heterocycles. The molecule has 20 heavy (non-hydrogen) atoms. The van der Waals surface area contributed by atoms with Crippen molar-refractivity contribution >= 4 is 33.5 Å². The van der Waals surface area contributed by atoms with Crippen molar-refractivity contribution < 1.29 is 9.53 Å². The largest absolute Gasteiger partial charge is 0.497 e. The fourth-order valence-electron chi connectivity index (χ4n) is 2.28. The number of nitrogens with zero attached hydrogens (tertiary/aromatic N) is 1. The summed E-state index contributed by atoms with van der Waals surface area (Å²) in [5, 5.41) is 3.92. The Balaban J connectivity index is 2.20. The number of carbonyl (C=O) groups excluding carboxylic acids is 1. The SMILES string of the molecule is COc1ccc2nccc(C3=C(C)NC(=O)CS3)c2c1. The number of nitrogens with one attached hydrogen (secondary N) is 1. The molecule has 1 N–H and O–H groups in total. The van der Waals surface area contributed by atoms with Crippen LogP contribution in [-0.2, 0) is 4.79 Å². The number of fused-ring (bicyclic) bond motifs is 1. The molecule has 1 aromatic carbocycles. The van der Waals surface area contributed by atoms with Gasteiger partial charge in [-0.3, -0.25) is 9.78 Å². The van der Waals surface area contributed by atoms with Crippen LogP contribution in [0.5, 0.6) is 5.75 Å². The van der Waals surface area contributed by atoms with Gasteiger partial charge in [0.25, 0.3) is 0 Å². The number of aromatic nitrogens is 1. The van der Waals surface area contributed by atoms with Gasteiger partial charge in [-0.2, -0.15) is 0 Å². The zero-order chi connectivity index (χ0) is 14.1. The summed E-state index contributed by atoms with van der Waals surface area (Å²) in [7, 11) is 1.65. The lowest BCUT2D eigenvalue weighted by Gasteiger charge is -2.19. The molecular formula is C15H14N2O2S. The molecular weight excluding hydrogens is 272 g/mol. The zero-order valence-electron chi connectivity index (χ0n) is 11.3. The molecule has 4 nitrogen and oxygen atoms in total. The summed E-state index contributed by atoms with van der Waals surface area (Å²) >= 11 is 1.56. The van der Waals surface area contributed by atoms with E-state index in [1.807, 2.05) is 31.2 Å². The van der Waals surface area contributed by atoms with Crippen LogP contribution in [0.25, 0.3) is 15.8 Å². The van der Waals surface area contributed by atoms with Crippen molar-refractivity contribution in [2.24, 2.45) is 0 Å². The lowest BCUT2D eigenvalue weighted by Crippen LogP contribution is -2.27. The van der Waals surface area contributed by atoms with E-state index in [0.717, 1.165) is 32.8 Å². The number of allylic oxidation sites excluding steroid dienone is 1. The molecule has 0 fully saturated rings. The molecule has 1 aliphatic rings. The molecule has 3 rings (SSSR count). The Bertz CT molecular complexity index is 725. The van der Waals surface area contributed by atoms with E-state index in [0.29, 0.717) is 5.75 Å². The lowest BCUT2D eigenvalue weighted by molar-refractivity contribution is -0.117. The molecule has 0 bridgehead atoms. The lowest BCUT2D eigenvalue weighted by atomic mass is 10.1. The zero-order valence-corrected chi connectivity index (χ0v) is 12.1. The molecule has 0 spiro atoms. The van der Waals surface area contributed by atoms with Gasteiger partial charge in [0, 0.05) is 27.7 Å². The van der Waals surface area contributed by atoms with Crippen LogP contribution >= 0.6 is 11.8 Å². The third kappa shape index (κ3) is 2.25. The van der Waals surface area contributed by atoms with Gasteiger partial charge in [-0.15, -0.1) is 11.8 Å². The average Bonchev–Trinajstić information content (AvgIpc) is 2.46. The van der Waals surface area contributed by atoms with Crippen LogP contribution in [0.15, 0.2) is 36.2 Å². The molecule has 102 valence electrons. The normalized spacial score (nSPS) is 15.4. The maximum Gasteiger partial charge on any atom is 0.234 e. The van der Waals surface area contributed by atoms with E-state index >= 15 is 0 Å². The first-order valence-electron chi connectivity index (χ1n) is 6.25. The van der Waals surface area contributed by atoms with Crippen molar-refractivity contribution in [3.63, 3.8) is 0 Å². The Morgan fingerprint density at radius 3 is 2.95 bits per heavy atom. The van der Waals surface area contributed by atoms with Crippen molar-refractivity contribution in [1.82, 2.24) is 10.3 Å². The van der Waals surface area contributed by atoms with E-state index in [4.69, 9.17) is 4.74 Å². The molecule has 0 unspecified atom stereocenters. The predicted molar refractivity (Wildman–Crippen MR) is 81.5 cm³/mol. The minimum absolute atomic E-state index is 0.0483. The van der Waals surface area contributed by atoms with E-state index in [1.165, 1.54) is 0 Å². The Morgan fingerprint density at radius 2 is 2.20 bits per heavy atom. The number of methoxy groups -OCH3 is 1. The van der Waals surface area contributed by atoms with Crippen molar-refractivity contribution in [2.45, 2.75) is 6.92 Å². The highest BCUT2D eigenvalue weighted by molar-refractivity contribution is 8.09. The molecule has 1 amide bonds. The van der Waals surface area contributed by atoms with Gasteiger partial charge in [0.2, 0.25) is 5.91 Å². The van der Waals surface area contributed by atoms with Crippen LogP contribution in [0.1, 0.15) is 12.5 Å². The van der Waals surface area contributed by atoms with Crippen molar-refractivity contribution in [2.75, 3.05) is 12.9 Å². The number of thioether (sulfide) groups is 1. The van der Waals surface area contributed by atoms with Gasteiger partial charge in [-0.05, 0) is 31.2 Å². The second kappa shape index (κ2) is 5.17. The monoisotopic (exact) mass is 286 g/mol. The molecule has 0 radical (unpaired) electrons. The number of amides is 1. The summed E-state index contributed by atoms with van der Waals surface area (Å²) in [5.74, 6) is 1.29. The Kier molecular flexibility index (Phi) is 3.36. The number of hydrogen-bond acceptors (Lipinski definition) is 4. The third-order valence-corrected chi connectivity index (χ3v) is 4.43. The number of hydrogen-bond donors (Lipinski definition) is 1. The van der Waals surface area contributed by atoms with Gasteiger partial charge in [-0.1, -0.05) is 0 Å². The van der Waals surface area contributed by atoms with Gasteiger partial charge in [0.05, 0.1) is 18.4 Å². The standard InChI is InChI=1S/C15H14N2O2S/c1-9-15(20-8-14(18)17-9)11-5-6-16-13-4-3-10(19-2)7-12(11)13/h3-7H,8H2,1-2H3,(H,17,18). The summed E-state index contributed by atoms with van der Waals surface area (Å²) < 4.78 is 5.29. The Labute approximate surface area is 121 Å². The highest BCUT2D eigenvalue weighted by atomic mass is 32.2. The van der Waals surface area contributed by atoms with Gasteiger partial charge in [-0.25, -0.2) is 0 Å². The van der Waals surface area contributed by atoms with Crippen LogP contribution in [0.3, 0.4) is 0 Å². The fraction of sp³-hybridized carbons (Fsp3) is 0.200. The van der Waals surface area contributed by atoms with Gasteiger partial charge < -0.3 is 10.1 Å². The van der Waals surface area contributed by atoms with E-state index in [2.05, 4.69) is 10.3 Å². The smallest absolute Gasteiger partial charge is 0.234 e. The first kappa shape index (κ1) is 13.0. The van der Waals surface area contributed by atoms with Crippen molar-refractivity contribution in [3.8, 4) is 5.75 Å². The van der Waals surface area contributed by atoms with Crippen LogP contribution in [0, 0.1) is 0 Å². The molecule has 0 atom stereocenters. The van der Waals surface area contributed by atoms with Gasteiger partial charge >= 0.3 is 0 Å². The number of ether oxygens (including phenoxy) is 1. The number of benzene rings is 1. The second-order valence-corrected chi connectivity index (χ2v) is 5.52. The molecule has 5 heteroatoms.